The van der Waals surface area contributed by atoms with Gasteiger partial charge in [-0.05, 0) is 24.6 Å². The zero-order valence-corrected chi connectivity index (χ0v) is 12.8. The molecular formula is C15H17N3O5. The average molecular weight is 319 g/mol. The van der Waals surface area contributed by atoms with E-state index in [0.717, 1.165) is 0 Å². The molecule has 1 aromatic rings. The largest absolute Gasteiger partial charge is 0.481 e. The zero-order chi connectivity index (χ0) is 17.2. The van der Waals surface area contributed by atoms with Crippen molar-refractivity contribution in [2.24, 2.45) is 0 Å². The van der Waals surface area contributed by atoms with Crippen molar-refractivity contribution in [3.63, 3.8) is 0 Å². The van der Waals surface area contributed by atoms with E-state index in [1.54, 1.807) is 19.1 Å². The fourth-order valence-corrected chi connectivity index (χ4v) is 2.28. The monoisotopic (exact) mass is 319 g/mol. The number of carboxylic acids is 1. The number of hydrogen-bond acceptors (Lipinski definition) is 4. The van der Waals surface area contributed by atoms with Gasteiger partial charge in [-0.3, -0.25) is 19.7 Å². The predicted molar refractivity (Wildman–Crippen MR) is 79.7 cm³/mol. The van der Waals surface area contributed by atoms with Crippen LogP contribution in [0.2, 0.25) is 0 Å². The first kappa shape index (κ1) is 16.5. The standard InChI is InChI=1S/C15H17N3O5/c1-15(13(22)16-14(23)17-15)10-5-3-9(4-6-10)12(21)18(2)8-7-11(19)20/h3-6H,7-8H2,1-2H3,(H,19,20)(H2,16,17,22,23). The van der Waals surface area contributed by atoms with Crippen molar-refractivity contribution in [3.8, 4) is 0 Å². The van der Waals surface area contributed by atoms with Gasteiger partial charge in [0.25, 0.3) is 11.8 Å². The van der Waals surface area contributed by atoms with Crippen molar-refractivity contribution < 1.29 is 24.3 Å². The van der Waals surface area contributed by atoms with Gasteiger partial charge < -0.3 is 15.3 Å². The first-order chi connectivity index (χ1) is 10.7. The molecule has 23 heavy (non-hydrogen) atoms. The van der Waals surface area contributed by atoms with Crippen molar-refractivity contribution in [3.05, 3.63) is 35.4 Å². The Balaban J connectivity index is 2.13. The van der Waals surface area contributed by atoms with E-state index >= 15 is 0 Å². The van der Waals surface area contributed by atoms with Crippen LogP contribution in [0.15, 0.2) is 24.3 Å². The third kappa shape index (κ3) is 3.31. The number of hydrogen-bond donors (Lipinski definition) is 3. The third-order valence-corrected chi connectivity index (χ3v) is 3.76. The number of nitrogens with one attached hydrogen (secondary N) is 2. The minimum atomic E-state index is -1.17. The normalized spacial score (nSPS) is 19.9. The van der Waals surface area contributed by atoms with Crippen molar-refractivity contribution in [2.75, 3.05) is 13.6 Å². The Hall–Kier alpha value is -2.90. The Kier molecular flexibility index (Phi) is 4.35. The number of carbonyl (C=O) groups is 4. The van der Waals surface area contributed by atoms with Crippen molar-refractivity contribution in [2.45, 2.75) is 18.9 Å². The Labute approximate surface area is 132 Å². The molecule has 0 aliphatic carbocycles. The molecule has 1 aliphatic heterocycles. The summed E-state index contributed by atoms with van der Waals surface area (Å²) >= 11 is 0. The lowest BCUT2D eigenvalue weighted by Gasteiger charge is -2.22. The van der Waals surface area contributed by atoms with Gasteiger partial charge in [-0.2, -0.15) is 0 Å². The van der Waals surface area contributed by atoms with Gasteiger partial charge in [-0.25, -0.2) is 4.79 Å². The lowest BCUT2D eigenvalue weighted by Crippen LogP contribution is -2.40. The summed E-state index contributed by atoms with van der Waals surface area (Å²) in [5, 5.41) is 13.3. The second-order valence-corrected chi connectivity index (χ2v) is 5.48. The van der Waals surface area contributed by atoms with Gasteiger partial charge >= 0.3 is 12.0 Å². The lowest BCUT2D eigenvalue weighted by molar-refractivity contribution is -0.137. The van der Waals surface area contributed by atoms with Crippen LogP contribution >= 0.6 is 0 Å². The highest BCUT2D eigenvalue weighted by Gasteiger charge is 2.43. The van der Waals surface area contributed by atoms with Crippen LogP contribution in [-0.4, -0.2) is 47.4 Å². The van der Waals surface area contributed by atoms with E-state index in [1.165, 1.54) is 24.1 Å². The molecule has 0 aromatic heterocycles. The topological polar surface area (TPSA) is 116 Å². The molecule has 1 heterocycles. The van der Waals surface area contributed by atoms with E-state index in [1.807, 2.05) is 0 Å². The van der Waals surface area contributed by atoms with Gasteiger partial charge in [0.15, 0.2) is 0 Å². The molecule has 1 fully saturated rings. The van der Waals surface area contributed by atoms with E-state index < -0.39 is 23.4 Å². The van der Waals surface area contributed by atoms with Gasteiger partial charge in [0, 0.05) is 19.2 Å². The fourth-order valence-electron chi connectivity index (χ4n) is 2.28. The quantitative estimate of drug-likeness (QED) is 0.675. The molecule has 1 unspecified atom stereocenters. The summed E-state index contributed by atoms with van der Waals surface area (Å²) in [6.07, 6.45) is -0.134. The molecule has 1 aliphatic rings. The predicted octanol–water partition coefficient (Wildman–Crippen LogP) is 0.288. The summed E-state index contributed by atoms with van der Waals surface area (Å²) in [7, 11) is 1.52. The molecule has 3 N–H and O–H groups in total. The van der Waals surface area contributed by atoms with Crippen LogP contribution in [0.4, 0.5) is 4.79 Å². The number of aliphatic carboxylic acids is 1. The van der Waals surface area contributed by atoms with E-state index in [9.17, 15) is 19.2 Å². The summed E-state index contributed by atoms with van der Waals surface area (Å²) in [4.78, 5) is 47.2. The highest BCUT2D eigenvalue weighted by molar-refractivity contribution is 6.07. The summed E-state index contributed by atoms with van der Waals surface area (Å²) < 4.78 is 0. The molecule has 4 amide bonds. The molecule has 8 nitrogen and oxygen atoms in total. The number of carbonyl (C=O) groups excluding carboxylic acids is 3. The highest BCUT2D eigenvalue weighted by Crippen LogP contribution is 2.24. The Morgan fingerprint density at radius 2 is 1.83 bits per heavy atom. The van der Waals surface area contributed by atoms with Gasteiger partial charge in [-0.1, -0.05) is 12.1 Å². The first-order valence-corrected chi connectivity index (χ1v) is 6.95. The highest BCUT2D eigenvalue weighted by atomic mass is 16.4. The van der Waals surface area contributed by atoms with E-state index in [4.69, 9.17) is 5.11 Å². The van der Waals surface area contributed by atoms with Crippen LogP contribution in [-0.2, 0) is 15.1 Å². The average Bonchev–Trinajstić information content (AvgIpc) is 2.77. The van der Waals surface area contributed by atoms with Gasteiger partial charge in [0.1, 0.15) is 5.54 Å². The summed E-state index contributed by atoms with van der Waals surface area (Å²) in [5.41, 5.74) is -0.256. The Morgan fingerprint density at radius 1 is 1.22 bits per heavy atom. The maximum absolute atomic E-state index is 12.2. The Morgan fingerprint density at radius 3 is 2.30 bits per heavy atom. The van der Waals surface area contributed by atoms with Crippen LogP contribution in [0, 0.1) is 0 Å². The number of imide groups is 1. The van der Waals surface area contributed by atoms with Crippen molar-refractivity contribution in [1.82, 2.24) is 15.5 Å². The molecule has 0 radical (unpaired) electrons. The molecule has 122 valence electrons. The number of nitrogens with zero attached hydrogens (tertiary/aromatic N) is 1. The zero-order valence-electron chi connectivity index (χ0n) is 12.8. The molecule has 8 heteroatoms. The van der Waals surface area contributed by atoms with E-state index in [0.29, 0.717) is 11.1 Å². The summed E-state index contributed by atoms with van der Waals surface area (Å²) in [6.45, 7) is 1.68. The minimum absolute atomic E-state index is 0.103. The minimum Gasteiger partial charge on any atom is -0.481 e. The number of rotatable bonds is 5. The Bertz CT molecular complexity index is 670. The second kappa shape index (κ2) is 6.07. The summed E-state index contributed by atoms with van der Waals surface area (Å²) in [6, 6.07) is 5.69. The van der Waals surface area contributed by atoms with E-state index in [-0.39, 0.29) is 18.9 Å². The molecule has 0 bridgehead atoms. The van der Waals surface area contributed by atoms with Crippen LogP contribution in [0.1, 0.15) is 29.3 Å². The maximum Gasteiger partial charge on any atom is 0.322 e. The third-order valence-electron chi connectivity index (χ3n) is 3.76. The first-order valence-electron chi connectivity index (χ1n) is 6.95. The lowest BCUT2D eigenvalue weighted by atomic mass is 9.91. The van der Waals surface area contributed by atoms with Crippen LogP contribution in [0.25, 0.3) is 0 Å². The van der Waals surface area contributed by atoms with Gasteiger partial charge in [-0.15, -0.1) is 0 Å². The smallest absolute Gasteiger partial charge is 0.322 e. The molecular weight excluding hydrogens is 302 g/mol. The molecule has 1 saturated heterocycles. The van der Waals surface area contributed by atoms with Crippen LogP contribution < -0.4 is 10.6 Å². The maximum atomic E-state index is 12.2. The van der Waals surface area contributed by atoms with Gasteiger partial charge in [0.05, 0.1) is 6.42 Å². The SMILES string of the molecule is CN(CCC(=O)O)C(=O)c1ccc(C2(C)NC(=O)NC2=O)cc1. The van der Waals surface area contributed by atoms with Crippen LogP contribution in [0.5, 0.6) is 0 Å². The molecule has 0 spiro atoms. The molecule has 2 rings (SSSR count). The second-order valence-electron chi connectivity index (χ2n) is 5.48. The number of carboxylic acid groups (broad SMARTS) is 1. The molecule has 0 saturated carbocycles. The fraction of sp³-hybridized carbons (Fsp3) is 0.333. The van der Waals surface area contributed by atoms with Crippen molar-refractivity contribution >= 4 is 23.8 Å². The van der Waals surface area contributed by atoms with E-state index in [2.05, 4.69) is 10.6 Å². The molecule has 1 aromatic carbocycles. The van der Waals surface area contributed by atoms with Crippen LogP contribution in [0.3, 0.4) is 0 Å². The number of urea groups is 1. The number of benzene rings is 1. The summed E-state index contributed by atoms with van der Waals surface area (Å²) in [5.74, 6) is -1.75. The molecule has 1 atom stereocenters. The van der Waals surface area contributed by atoms with Gasteiger partial charge in [0.2, 0.25) is 0 Å². The number of amides is 4. The van der Waals surface area contributed by atoms with Crippen molar-refractivity contribution in [1.29, 1.82) is 0 Å².